The highest BCUT2D eigenvalue weighted by molar-refractivity contribution is 7.98. The molecule has 0 aliphatic carbocycles. The van der Waals surface area contributed by atoms with E-state index in [4.69, 9.17) is 10.5 Å². The molecule has 1 amide bonds. The number of rotatable bonds is 8. The van der Waals surface area contributed by atoms with Gasteiger partial charge in [-0.25, -0.2) is 0 Å². The summed E-state index contributed by atoms with van der Waals surface area (Å²) in [5, 5.41) is 2.85. The molecular weight excluding hydrogens is 308 g/mol. The fourth-order valence-electron chi connectivity index (χ4n) is 1.61. The van der Waals surface area contributed by atoms with E-state index in [0.717, 1.165) is 17.0 Å². The molecule has 1 aromatic carbocycles. The Labute approximate surface area is 137 Å². The first-order valence-electron chi connectivity index (χ1n) is 6.79. The lowest BCUT2D eigenvalue weighted by Crippen LogP contribution is -2.36. The van der Waals surface area contributed by atoms with E-state index in [1.165, 1.54) is 0 Å². The van der Waals surface area contributed by atoms with Crippen LogP contribution in [0.25, 0.3) is 0 Å². The number of thioether (sulfide) groups is 1. The normalized spacial score (nSPS) is 11.9. The van der Waals surface area contributed by atoms with Crippen LogP contribution in [0.15, 0.2) is 24.3 Å². The van der Waals surface area contributed by atoms with Gasteiger partial charge >= 0.3 is 0 Å². The van der Waals surface area contributed by atoms with Crippen LogP contribution in [-0.4, -0.2) is 30.1 Å². The number of benzene rings is 1. The van der Waals surface area contributed by atoms with Crippen LogP contribution in [0.1, 0.15) is 25.8 Å². The minimum absolute atomic E-state index is 0. The number of anilines is 1. The van der Waals surface area contributed by atoms with Gasteiger partial charge in [0.1, 0.15) is 0 Å². The van der Waals surface area contributed by atoms with Crippen molar-refractivity contribution in [2.45, 2.75) is 39.0 Å². The summed E-state index contributed by atoms with van der Waals surface area (Å²) < 4.78 is 5.55. The minimum atomic E-state index is -0.460. The maximum absolute atomic E-state index is 11.9. The van der Waals surface area contributed by atoms with E-state index < -0.39 is 6.04 Å². The number of carbonyl (C=O) groups is 1. The molecule has 1 aromatic rings. The van der Waals surface area contributed by atoms with Gasteiger partial charge < -0.3 is 15.8 Å². The Morgan fingerprint density at radius 2 is 2.14 bits per heavy atom. The van der Waals surface area contributed by atoms with Crippen molar-refractivity contribution in [2.24, 2.45) is 5.73 Å². The summed E-state index contributed by atoms with van der Waals surface area (Å²) in [6.45, 7) is 4.53. The van der Waals surface area contributed by atoms with Crippen LogP contribution in [0.3, 0.4) is 0 Å². The van der Waals surface area contributed by atoms with Gasteiger partial charge in [-0.1, -0.05) is 12.1 Å². The molecule has 120 valence electrons. The standard InChI is InChI=1S/C15H24N2O2S.ClH/c1-11(2)19-10-12-5-4-6-13(9-12)17-15(18)14(16)7-8-20-3;/h4-6,9,11,14H,7-8,10,16H2,1-3H3,(H,17,18);1H/t14-;/m0./s1. The van der Waals surface area contributed by atoms with E-state index in [9.17, 15) is 4.79 Å². The molecule has 0 saturated carbocycles. The van der Waals surface area contributed by atoms with Crippen molar-refractivity contribution < 1.29 is 9.53 Å². The second-order valence-corrected chi connectivity index (χ2v) is 5.92. The number of amides is 1. The molecule has 4 nitrogen and oxygen atoms in total. The summed E-state index contributed by atoms with van der Waals surface area (Å²) in [5.41, 5.74) is 7.64. The smallest absolute Gasteiger partial charge is 0.241 e. The van der Waals surface area contributed by atoms with E-state index in [1.807, 2.05) is 44.4 Å². The van der Waals surface area contributed by atoms with Crippen LogP contribution in [0.5, 0.6) is 0 Å². The number of hydrogen-bond donors (Lipinski definition) is 2. The first-order valence-corrected chi connectivity index (χ1v) is 8.18. The molecule has 1 rings (SSSR count). The predicted octanol–water partition coefficient (Wildman–Crippen LogP) is 3.05. The number of hydrogen-bond acceptors (Lipinski definition) is 4. The fourth-order valence-corrected chi connectivity index (χ4v) is 2.10. The van der Waals surface area contributed by atoms with Gasteiger partial charge in [0.05, 0.1) is 18.8 Å². The Hall–Kier alpha value is -0.750. The maximum Gasteiger partial charge on any atom is 0.241 e. The summed E-state index contributed by atoms with van der Waals surface area (Å²) in [6, 6.07) is 7.20. The molecule has 1 atom stereocenters. The Bertz CT molecular complexity index is 430. The van der Waals surface area contributed by atoms with Gasteiger partial charge in [0.25, 0.3) is 0 Å². The fraction of sp³-hybridized carbons (Fsp3) is 0.533. The third-order valence-corrected chi connectivity index (χ3v) is 3.39. The molecule has 0 radical (unpaired) electrons. The van der Waals surface area contributed by atoms with Gasteiger partial charge in [0.2, 0.25) is 5.91 Å². The minimum Gasteiger partial charge on any atom is -0.374 e. The summed E-state index contributed by atoms with van der Waals surface area (Å²) in [5.74, 6) is 0.748. The second kappa shape index (κ2) is 10.9. The second-order valence-electron chi connectivity index (χ2n) is 4.94. The Morgan fingerprint density at radius 1 is 1.43 bits per heavy atom. The zero-order valence-corrected chi connectivity index (χ0v) is 14.4. The molecule has 0 aliphatic rings. The van der Waals surface area contributed by atoms with E-state index in [2.05, 4.69) is 5.32 Å². The van der Waals surface area contributed by atoms with Gasteiger partial charge in [-0.2, -0.15) is 11.8 Å². The van der Waals surface area contributed by atoms with Crippen LogP contribution >= 0.6 is 24.2 Å². The Balaban J connectivity index is 0.00000400. The summed E-state index contributed by atoms with van der Waals surface area (Å²) in [6.07, 6.45) is 2.87. The van der Waals surface area contributed by atoms with E-state index in [0.29, 0.717) is 13.0 Å². The summed E-state index contributed by atoms with van der Waals surface area (Å²) >= 11 is 1.69. The maximum atomic E-state index is 11.9. The average molecular weight is 333 g/mol. The molecule has 3 N–H and O–H groups in total. The average Bonchev–Trinajstić information content (AvgIpc) is 2.42. The van der Waals surface area contributed by atoms with Crippen LogP contribution in [0.2, 0.25) is 0 Å². The number of nitrogens with one attached hydrogen (secondary N) is 1. The van der Waals surface area contributed by atoms with Crippen molar-refractivity contribution in [3.63, 3.8) is 0 Å². The molecule has 0 aromatic heterocycles. The van der Waals surface area contributed by atoms with Crippen molar-refractivity contribution in [3.8, 4) is 0 Å². The van der Waals surface area contributed by atoms with Crippen molar-refractivity contribution in [1.82, 2.24) is 0 Å². The lowest BCUT2D eigenvalue weighted by Gasteiger charge is -2.13. The molecule has 0 fully saturated rings. The Morgan fingerprint density at radius 3 is 2.76 bits per heavy atom. The molecule has 0 heterocycles. The number of nitrogens with two attached hydrogens (primary N) is 1. The molecule has 0 aliphatic heterocycles. The highest BCUT2D eigenvalue weighted by Crippen LogP contribution is 2.13. The lowest BCUT2D eigenvalue weighted by atomic mass is 10.2. The van der Waals surface area contributed by atoms with Gasteiger partial charge in [0.15, 0.2) is 0 Å². The highest BCUT2D eigenvalue weighted by Gasteiger charge is 2.13. The van der Waals surface area contributed by atoms with Crippen molar-refractivity contribution >= 4 is 35.8 Å². The quantitative estimate of drug-likeness (QED) is 0.768. The molecule has 0 spiro atoms. The van der Waals surface area contributed by atoms with Crippen LogP contribution in [-0.2, 0) is 16.1 Å². The lowest BCUT2D eigenvalue weighted by molar-refractivity contribution is -0.117. The van der Waals surface area contributed by atoms with Crippen molar-refractivity contribution in [1.29, 1.82) is 0 Å². The zero-order valence-electron chi connectivity index (χ0n) is 12.8. The van der Waals surface area contributed by atoms with Gasteiger partial charge in [-0.15, -0.1) is 12.4 Å². The van der Waals surface area contributed by atoms with Crippen molar-refractivity contribution in [3.05, 3.63) is 29.8 Å². The topological polar surface area (TPSA) is 64.4 Å². The van der Waals surface area contributed by atoms with Crippen molar-refractivity contribution in [2.75, 3.05) is 17.3 Å². The summed E-state index contributed by atoms with van der Waals surface area (Å²) in [4.78, 5) is 11.9. The molecule has 6 heteroatoms. The molecule has 0 unspecified atom stereocenters. The first kappa shape index (κ1) is 20.2. The SMILES string of the molecule is CSCC[C@H](N)C(=O)Nc1cccc(COC(C)C)c1.Cl. The van der Waals surface area contributed by atoms with Crippen LogP contribution in [0.4, 0.5) is 5.69 Å². The van der Waals surface area contributed by atoms with Gasteiger partial charge in [0, 0.05) is 5.69 Å². The third kappa shape index (κ3) is 8.31. The first-order chi connectivity index (χ1) is 9.52. The molecule has 0 saturated heterocycles. The Kier molecular flexibility index (Phi) is 10.5. The molecule has 0 bridgehead atoms. The zero-order chi connectivity index (χ0) is 15.0. The molecule has 21 heavy (non-hydrogen) atoms. The van der Waals surface area contributed by atoms with E-state index in [-0.39, 0.29) is 24.4 Å². The number of halogens is 1. The monoisotopic (exact) mass is 332 g/mol. The number of carbonyl (C=O) groups excluding carboxylic acids is 1. The van der Waals surface area contributed by atoms with Crippen LogP contribution < -0.4 is 11.1 Å². The number of ether oxygens (including phenoxy) is 1. The highest BCUT2D eigenvalue weighted by atomic mass is 35.5. The summed E-state index contributed by atoms with van der Waals surface area (Å²) in [7, 11) is 0. The van der Waals surface area contributed by atoms with E-state index >= 15 is 0 Å². The largest absolute Gasteiger partial charge is 0.374 e. The van der Waals surface area contributed by atoms with Gasteiger partial charge in [-0.05, 0) is 50.0 Å². The van der Waals surface area contributed by atoms with Gasteiger partial charge in [-0.3, -0.25) is 4.79 Å². The molecular formula is C15H25ClN2O2S. The third-order valence-electron chi connectivity index (χ3n) is 2.75. The van der Waals surface area contributed by atoms with E-state index in [1.54, 1.807) is 11.8 Å². The predicted molar refractivity (Wildman–Crippen MR) is 93.2 cm³/mol. The van der Waals surface area contributed by atoms with Crippen LogP contribution in [0, 0.1) is 0 Å².